The molecular weight excluding hydrogens is 428 g/mol. The van der Waals surface area contributed by atoms with E-state index in [4.69, 9.17) is 9.97 Å². The molecule has 7 aromatic rings. The molecule has 0 saturated heterocycles. The fourth-order valence-corrected chi connectivity index (χ4v) is 6.55. The Morgan fingerprint density at radius 2 is 1.60 bits per heavy atom. The number of nitrogens with zero attached hydrogens (tertiary/aromatic N) is 4. The van der Waals surface area contributed by atoms with Crippen LogP contribution < -0.4 is 0 Å². The molecule has 0 bridgehead atoms. The maximum atomic E-state index is 5.15. The number of aromatic nitrogens is 4. The van der Waals surface area contributed by atoms with Gasteiger partial charge in [0.15, 0.2) is 0 Å². The van der Waals surface area contributed by atoms with Crippen molar-refractivity contribution >= 4 is 38.5 Å². The summed E-state index contributed by atoms with van der Waals surface area (Å²) in [6.07, 6.45) is 7.62. The lowest BCUT2D eigenvalue weighted by Crippen LogP contribution is -1.94. The van der Waals surface area contributed by atoms with Gasteiger partial charge < -0.3 is 0 Å². The van der Waals surface area contributed by atoms with Crippen molar-refractivity contribution in [3.8, 4) is 22.3 Å². The molecule has 2 aliphatic rings. The van der Waals surface area contributed by atoms with Crippen molar-refractivity contribution < 1.29 is 0 Å². The van der Waals surface area contributed by atoms with Crippen molar-refractivity contribution in [3.63, 3.8) is 0 Å². The molecule has 0 spiro atoms. The molecule has 4 aromatic heterocycles. The van der Waals surface area contributed by atoms with Gasteiger partial charge in [-0.15, -0.1) is 0 Å². The van der Waals surface area contributed by atoms with Crippen LogP contribution in [0.15, 0.2) is 85.3 Å². The highest BCUT2D eigenvalue weighted by molar-refractivity contribution is 6.13. The van der Waals surface area contributed by atoms with Gasteiger partial charge in [-0.25, -0.2) is 4.98 Å². The fourth-order valence-electron chi connectivity index (χ4n) is 6.55. The Bertz CT molecular complexity index is 2070. The predicted molar refractivity (Wildman–Crippen MR) is 140 cm³/mol. The molecule has 0 N–H and O–H groups in total. The van der Waals surface area contributed by atoms with Gasteiger partial charge in [0.25, 0.3) is 0 Å². The Kier molecular flexibility index (Phi) is 3.11. The maximum Gasteiger partial charge on any atom is 0.147 e. The molecule has 3 aromatic carbocycles. The minimum atomic E-state index is 0.949. The van der Waals surface area contributed by atoms with Gasteiger partial charge in [0, 0.05) is 34.9 Å². The van der Waals surface area contributed by atoms with Gasteiger partial charge in [0.05, 0.1) is 22.1 Å². The van der Waals surface area contributed by atoms with E-state index in [0.717, 1.165) is 45.8 Å². The molecule has 0 amide bonds. The zero-order chi connectivity index (χ0) is 22.7. The van der Waals surface area contributed by atoms with E-state index in [1.165, 1.54) is 50.0 Å². The Morgan fingerprint density at radius 3 is 2.60 bits per heavy atom. The summed E-state index contributed by atoms with van der Waals surface area (Å²) in [5.74, 6) is 0. The molecule has 0 saturated carbocycles. The van der Waals surface area contributed by atoms with Crippen molar-refractivity contribution in [2.24, 2.45) is 0 Å². The summed E-state index contributed by atoms with van der Waals surface area (Å²) in [6, 6.07) is 24.2. The van der Waals surface area contributed by atoms with Crippen molar-refractivity contribution in [1.29, 1.82) is 0 Å². The molecule has 162 valence electrons. The van der Waals surface area contributed by atoms with E-state index in [2.05, 4.69) is 70.0 Å². The summed E-state index contributed by atoms with van der Waals surface area (Å²) in [5.41, 5.74) is 16.4. The third-order valence-corrected chi connectivity index (χ3v) is 7.95. The van der Waals surface area contributed by atoms with E-state index >= 15 is 0 Å². The molecule has 0 unspecified atom stereocenters. The first kappa shape index (κ1) is 17.8. The third kappa shape index (κ3) is 2.11. The van der Waals surface area contributed by atoms with Crippen LogP contribution in [0.4, 0.5) is 0 Å². The second kappa shape index (κ2) is 6.10. The van der Waals surface area contributed by atoms with Crippen LogP contribution in [0.1, 0.15) is 22.3 Å². The predicted octanol–water partition coefficient (Wildman–Crippen LogP) is 6.73. The van der Waals surface area contributed by atoms with Gasteiger partial charge in [-0.05, 0) is 76.1 Å². The van der Waals surface area contributed by atoms with Gasteiger partial charge in [0.2, 0.25) is 0 Å². The monoisotopic (exact) mass is 446 g/mol. The van der Waals surface area contributed by atoms with Gasteiger partial charge in [-0.3, -0.25) is 14.4 Å². The van der Waals surface area contributed by atoms with E-state index in [9.17, 15) is 0 Å². The first-order valence-electron chi connectivity index (χ1n) is 12.0. The molecule has 0 aliphatic heterocycles. The molecule has 4 nitrogen and oxygen atoms in total. The van der Waals surface area contributed by atoms with Crippen LogP contribution in [-0.4, -0.2) is 19.4 Å². The number of benzene rings is 3. The average molecular weight is 447 g/mol. The molecule has 4 heteroatoms. The van der Waals surface area contributed by atoms with Gasteiger partial charge in [0.1, 0.15) is 5.65 Å². The summed E-state index contributed by atoms with van der Waals surface area (Å²) < 4.78 is 2.34. The molecule has 35 heavy (non-hydrogen) atoms. The Morgan fingerprint density at radius 1 is 0.686 bits per heavy atom. The molecular formula is C31H18N4. The molecule has 0 fully saturated rings. The van der Waals surface area contributed by atoms with Crippen LogP contribution >= 0.6 is 0 Å². The van der Waals surface area contributed by atoms with Gasteiger partial charge in [-0.2, -0.15) is 0 Å². The van der Waals surface area contributed by atoms with Crippen LogP contribution in [0.2, 0.25) is 0 Å². The number of imidazole rings is 1. The van der Waals surface area contributed by atoms with Crippen LogP contribution in [0, 0.1) is 0 Å². The van der Waals surface area contributed by atoms with E-state index in [1.807, 2.05) is 24.7 Å². The highest BCUT2D eigenvalue weighted by Gasteiger charge is 2.30. The first-order chi connectivity index (χ1) is 17.4. The summed E-state index contributed by atoms with van der Waals surface area (Å²) >= 11 is 0. The zero-order valence-electron chi connectivity index (χ0n) is 18.8. The molecule has 2 aliphatic carbocycles. The van der Waals surface area contributed by atoms with Crippen molar-refractivity contribution in [2.45, 2.75) is 12.8 Å². The second-order valence-electron chi connectivity index (χ2n) is 9.67. The standard InChI is InChI=1S/C31H18N4/c1-2-5-20-17(4-1)14-18-7-9-21-23(27(18)20)15-19-8-10-25-30(28(19)21)35-26-11-13-32-16-24(26)29-22(31(35)34-25)6-3-12-33-29/h1-13,16H,14-15H2. The smallest absolute Gasteiger partial charge is 0.147 e. The highest BCUT2D eigenvalue weighted by atomic mass is 15.0. The van der Waals surface area contributed by atoms with E-state index < -0.39 is 0 Å². The maximum absolute atomic E-state index is 5.15. The van der Waals surface area contributed by atoms with E-state index in [-0.39, 0.29) is 0 Å². The quantitative estimate of drug-likeness (QED) is 0.243. The number of fused-ring (bicyclic) bond motifs is 16. The van der Waals surface area contributed by atoms with Crippen LogP contribution in [-0.2, 0) is 12.8 Å². The van der Waals surface area contributed by atoms with Gasteiger partial charge >= 0.3 is 0 Å². The van der Waals surface area contributed by atoms with Crippen LogP contribution in [0.5, 0.6) is 0 Å². The highest BCUT2D eigenvalue weighted by Crippen LogP contribution is 2.49. The van der Waals surface area contributed by atoms with Gasteiger partial charge in [-0.1, -0.05) is 42.5 Å². The second-order valence-corrected chi connectivity index (χ2v) is 9.67. The number of rotatable bonds is 0. The Hall–Kier alpha value is -4.57. The van der Waals surface area contributed by atoms with E-state index in [1.54, 1.807) is 0 Å². The first-order valence-corrected chi connectivity index (χ1v) is 12.0. The lowest BCUT2D eigenvalue weighted by molar-refractivity contribution is 1.23. The largest absolute Gasteiger partial charge is 0.291 e. The van der Waals surface area contributed by atoms with Crippen LogP contribution in [0.25, 0.3) is 60.7 Å². The minimum Gasteiger partial charge on any atom is -0.291 e. The number of hydrogen-bond donors (Lipinski definition) is 0. The zero-order valence-corrected chi connectivity index (χ0v) is 18.8. The number of hydrogen-bond acceptors (Lipinski definition) is 3. The summed E-state index contributed by atoms with van der Waals surface area (Å²) in [5, 5.41) is 2.10. The van der Waals surface area contributed by atoms with Crippen molar-refractivity contribution in [2.75, 3.05) is 0 Å². The summed E-state index contributed by atoms with van der Waals surface area (Å²) in [7, 11) is 0. The van der Waals surface area contributed by atoms with E-state index in [0.29, 0.717) is 0 Å². The summed E-state index contributed by atoms with van der Waals surface area (Å²) in [6.45, 7) is 0. The minimum absolute atomic E-state index is 0.949. The molecule has 0 radical (unpaired) electrons. The third-order valence-electron chi connectivity index (χ3n) is 7.95. The summed E-state index contributed by atoms with van der Waals surface area (Å²) in [4.78, 5) is 14.3. The SMILES string of the molecule is c1ccc2c(c1)Cc1ccc3c(c1-2)Cc1ccc2nc4c5cccnc5c5cnccc5n4c2c1-3. The Balaban J connectivity index is 1.47. The molecule has 9 rings (SSSR count). The van der Waals surface area contributed by atoms with Crippen molar-refractivity contribution in [3.05, 3.63) is 108 Å². The van der Waals surface area contributed by atoms with Crippen LogP contribution in [0.3, 0.4) is 0 Å². The topological polar surface area (TPSA) is 43.1 Å². The molecule has 0 atom stereocenters. The van der Waals surface area contributed by atoms with Crippen molar-refractivity contribution in [1.82, 2.24) is 19.4 Å². The molecule has 4 heterocycles. The number of pyridine rings is 3. The lowest BCUT2D eigenvalue weighted by Gasteiger charge is -2.11. The average Bonchev–Trinajstić information content (AvgIpc) is 3.59. The fraction of sp³-hybridized carbons (Fsp3) is 0.0645. The lowest BCUT2D eigenvalue weighted by atomic mass is 9.95. The normalized spacial score (nSPS) is 13.5. The Labute approximate surface area is 200 Å².